The maximum Gasteiger partial charge on any atom is 0.406 e. The Balaban J connectivity index is 0.000000280. The van der Waals surface area contributed by atoms with Crippen molar-refractivity contribution in [1.29, 1.82) is 0 Å². The number of ether oxygens (including phenoxy) is 1. The van der Waals surface area contributed by atoms with E-state index in [1.807, 2.05) is 36.4 Å². The second-order valence-electron chi connectivity index (χ2n) is 10.5. The van der Waals surface area contributed by atoms with E-state index in [2.05, 4.69) is 64.0 Å². The van der Waals surface area contributed by atoms with Crippen LogP contribution >= 0.6 is 0 Å². The summed E-state index contributed by atoms with van der Waals surface area (Å²) in [6.07, 6.45) is 3.31. The molecule has 13 heteroatoms. The number of halogens is 4. The van der Waals surface area contributed by atoms with Crippen LogP contribution in [0.5, 0.6) is 0 Å². The van der Waals surface area contributed by atoms with Crippen LogP contribution in [0.3, 0.4) is 0 Å². The number of rotatable bonds is 12. The Morgan fingerprint density at radius 2 is 1.35 bits per heavy atom. The van der Waals surface area contributed by atoms with Crippen molar-refractivity contribution >= 4 is 37.8 Å². The molecule has 4 rings (SSSR count). The molecule has 1 fully saturated rings. The summed E-state index contributed by atoms with van der Waals surface area (Å²) in [5.41, 5.74) is -0.0504. The lowest BCUT2D eigenvalue weighted by molar-refractivity contribution is -0.171. The van der Waals surface area contributed by atoms with Gasteiger partial charge in [-0.25, -0.2) is 17.4 Å². The van der Waals surface area contributed by atoms with Crippen LogP contribution in [0, 0.1) is 0 Å². The van der Waals surface area contributed by atoms with Crippen molar-refractivity contribution in [1.82, 2.24) is 0 Å². The third-order valence-corrected chi connectivity index (χ3v) is 12.7. The first-order chi connectivity index (χ1) is 21.7. The van der Waals surface area contributed by atoms with Crippen molar-refractivity contribution in [3.05, 3.63) is 97.1 Å². The van der Waals surface area contributed by atoms with Crippen LogP contribution in [0.2, 0.25) is 0 Å². The summed E-state index contributed by atoms with van der Waals surface area (Å²) < 4.78 is 96.6. The van der Waals surface area contributed by atoms with Crippen LogP contribution in [0.15, 0.2) is 117 Å². The fraction of sp³-hybridized carbons (Fsp3) is 0.364. The number of hydrogen-bond donors (Lipinski definition) is 0. The molecule has 0 amide bonds. The highest BCUT2D eigenvalue weighted by Gasteiger charge is 2.61. The van der Waals surface area contributed by atoms with Crippen molar-refractivity contribution in [2.45, 2.75) is 81.5 Å². The van der Waals surface area contributed by atoms with Gasteiger partial charge in [-0.2, -0.15) is 17.6 Å². The van der Waals surface area contributed by atoms with Crippen molar-refractivity contribution in [3.63, 3.8) is 0 Å². The van der Waals surface area contributed by atoms with Gasteiger partial charge in [0.05, 0.1) is 41.2 Å². The Kier molecular flexibility index (Phi) is 13.6. The number of benzene rings is 3. The van der Waals surface area contributed by atoms with Gasteiger partial charge in [0.15, 0.2) is 24.5 Å². The van der Waals surface area contributed by atoms with E-state index in [-0.39, 0.29) is 21.7 Å². The van der Waals surface area contributed by atoms with Crippen molar-refractivity contribution in [3.8, 4) is 0 Å². The second kappa shape index (κ2) is 16.7. The van der Waals surface area contributed by atoms with E-state index >= 15 is 0 Å². The van der Waals surface area contributed by atoms with E-state index in [1.54, 1.807) is 0 Å². The zero-order chi connectivity index (χ0) is 34.0. The number of sulfone groups is 1. The molecule has 0 aliphatic heterocycles. The first-order valence-electron chi connectivity index (χ1n) is 14.5. The van der Waals surface area contributed by atoms with Crippen LogP contribution < -0.4 is 0 Å². The summed E-state index contributed by atoms with van der Waals surface area (Å²) in [5, 5.41) is -5.08. The maximum atomic E-state index is 13.1. The van der Waals surface area contributed by atoms with E-state index in [4.69, 9.17) is 0 Å². The monoisotopic (exact) mass is 701 g/mol. The molecule has 0 spiro atoms. The number of esters is 1. The van der Waals surface area contributed by atoms with E-state index in [1.165, 1.54) is 16.7 Å². The molecule has 3 aromatic rings. The molecular formula is C33H37F4O6S3+. The summed E-state index contributed by atoms with van der Waals surface area (Å²) in [6.45, 7) is 3.51. The van der Waals surface area contributed by atoms with Crippen molar-refractivity contribution in [2.24, 2.45) is 0 Å². The van der Waals surface area contributed by atoms with E-state index in [0.29, 0.717) is 12.0 Å². The quantitative estimate of drug-likeness (QED) is 0.0826. The highest BCUT2D eigenvalue weighted by atomic mass is 32.2. The zero-order valence-corrected chi connectivity index (χ0v) is 28.0. The third-order valence-electron chi connectivity index (χ3n) is 7.12. The molecule has 0 heterocycles. The maximum absolute atomic E-state index is 13.1. The second-order valence-corrected chi connectivity index (χ2v) is 16.1. The van der Waals surface area contributed by atoms with E-state index in [9.17, 15) is 35.0 Å². The van der Waals surface area contributed by atoms with Crippen LogP contribution in [-0.2, 0) is 45.5 Å². The minimum atomic E-state index is -4.86. The molecule has 46 heavy (non-hydrogen) atoms. The molecular weight excluding hydrogens is 665 g/mol. The lowest BCUT2D eigenvalue weighted by Crippen LogP contribution is -2.45. The summed E-state index contributed by atoms with van der Waals surface area (Å²) in [5.74, 6) is -5.59. The Bertz CT molecular complexity index is 1520. The number of carbonyl (C=O) groups excluding carboxylic acids is 1. The first kappa shape index (κ1) is 37.5. The summed E-state index contributed by atoms with van der Waals surface area (Å²) >= 11 is -3.47. The lowest BCUT2D eigenvalue weighted by Gasteiger charge is -2.24. The standard InChI is InChI=1S/C24H25O2S2.C9H12F4O4S/c25-28(26,23-14-8-3-9-15-23)24-18-16-22(17-19-24)27(20-10-4-1-5-11-20)21-12-6-2-7-13-21;1-6(2)7(14)17-5-4-8(10,11)9(12,13)18(15)16-3/h1-2,4-7,10-13,16-19,23H,3,8-9,14-15H2;1,4-5H2,2-3H3/q+1;. The molecule has 3 aromatic carbocycles. The molecule has 0 saturated heterocycles. The lowest BCUT2D eigenvalue weighted by atomic mass is 10.0. The van der Waals surface area contributed by atoms with Gasteiger partial charge in [-0.05, 0) is 68.3 Å². The van der Waals surface area contributed by atoms with Crippen LogP contribution in [0.4, 0.5) is 17.6 Å². The molecule has 0 N–H and O–H groups in total. The zero-order valence-electron chi connectivity index (χ0n) is 25.5. The molecule has 0 radical (unpaired) electrons. The van der Waals surface area contributed by atoms with Gasteiger partial charge in [-0.1, -0.05) is 62.2 Å². The summed E-state index contributed by atoms with van der Waals surface area (Å²) in [7, 11) is -2.87. The van der Waals surface area contributed by atoms with Gasteiger partial charge >= 0.3 is 17.1 Å². The normalized spacial score (nSPS) is 15.0. The van der Waals surface area contributed by atoms with Crippen LogP contribution in [0.1, 0.15) is 45.4 Å². The number of hydrogen-bond acceptors (Lipinski definition) is 6. The average molecular weight is 702 g/mol. The molecule has 1 unspecified atom stereocenters. The largest absolute Gasteiger partial charge is 0.462 e. The van der Waals surface area contributed by atoms with Gasteiger partial charge in [0.25, 0.3) is 0 Å². The van der Waals surface area contributed by atoms with Gasteiger partial charge in [0, 0.05) is 5.57 Å². The van der Waals surface area contributed by atoms with Gasteiger partial charge in [0.1, 0.15) is 0 Å². The third kappa shape index (κ3) is 9.52. The molecule has 1 aliphatic carbocycles. The Labute approximate surface area is 273 Å². The first-order valence-corrected chi connectivity index (χ1v) is 18.3. The van der Waals surface area contributed by atoms with Gasteiger partial charge in [-0.3, -0.25) is 4.18 Å². The summed E-state index contributed by atoms with van der Waals surface area (Å²) in [6, 6.07) is 28.5. The Morgan fingerprint density at radius 3 is 1.80 bits per heavy atom. The SMILES string of the molecule is C=C(C)C(=O)OCCC(F)(F)C(F)(F)S(=O)OC.O=S(=O)(c1ccc([S+](c2ccccc2)c2ccccc2)cc1)C1CCCCC1. The molecule has 0 bridgehead atoms. The molecule has 1 aliphatic rings. The highest BCUT2D eigenvalue weighted by molar-refractivity contribution is 7.97. The molecule has 1 atom stereocenters. The predicted molar refractivity (Wildman–Crippen MR) is 171 cm³/mol. The van der Waals surface area contributed by atoms with Crippen LogP contribution in [0.25, 0.3) is 0 Å². The van der Waals surface area contributed by atoms with E-state index < -0.39 is 51.1 Å². The Hall–Kier alpha value is -3.00. The molecule has 250 valence electrons. The average Bonchev–Trinajstić information content (AvgIpc) is 3.06. The smallest absolute Gasteiger partial charge is 0.406 e. The fourth-order valence-electron chi connectivity index (χ4n) is 4.62. The highest BCUT2D eigenvalue weighted by Crippen LogP contribution is 2.40. The van der Waals surface area contributed by atoms with E-state index in [0.717, 1.165) is 37.0 Å². The van der Waals surface area contributed by atoms with Crippen LogP contribution in [-0.4, -0.2) is 48.7 Å². The topological polar surface area (TPSA) is 86.7 Å². The molecule has 6 nitrogen and oxygen atoms in total. The summed E-state index contributed by atoms with van der Waals surface area (Å²) in [4.78, 5) is 14.9. The predicted octanol–water partition coefficient (Wildman–Crippen LogP) is 7.92. The van der Waals surface area contributed by atoms with Gasteiger partial charge < -0.3 is 4.74 Å². The number of carbonyl (C=O) groups is 1. The fourth-order valence-corrected chi connectivity index (χ4v) is 9.11. The minimum absolute atomic E-state index is 0.0504. The molecule has 0 aromatic heterocycles. The van der Waals surface area contributed by atoms with Gasteiger partial charge in [-0.15, -0.1) is 0 Å². The number of alkyl halides is 4. The Morgan fingerprint density at radius 1 is 0.870 bits per heavy atom. The van der Waals surface area contributed by atoms with Crippen molar-refractivity contribution < 1.29 is 43.9 Å². The minimum Gasteiger partial charge on any atom is -0.462 e. The molecule has 1 saturated carbocycles. The van der Waals surface area contributed by atoms with Crippen molar-refractivity contribution in [2.75, 3.05) is 13.7 Å². The van der Waals surface area contributed by atoms with Gasteiger partial charge in [0.2, 0.25) is 11.1 Å².